The second-order valence-corrected chi connectivity index (χ2v) is 26.7. The highest BCUT2D eigenvalue weighted by Crippen LogP contribution is 2.51. The Kier molecular flexibility index (Phi) is 15.1. The minimum Gasteiger partial charge on any atom is -0.497 e. The zero-order valence-electron chi connectivity index (χ0n) is 36.3. The number of Topliss-reactive ketones (excluding diaryl/α,β-unsaturated/α-hetero) is 1. The molecule has 1 aliphatic heterocycles. The molecule has 15 heteroatoms. The summed E-state index contributed by atoms with van der Waals surface area (Å²) in [5.41, 5.74) is 2.40. The van der Waals surface area contributed by atoms with Crippen LogP contribution in [0.15, 0.2) is 125 Å². The Morgan fingerprint density at radius 1 is 0.855 bits per heavy atom. The Labute approximate surface area is 373 Å². The van der Waals surface area contributed by atoms with Crippen LogP contribution in [0.2, 0.25) is 18.1 Å². The number of hydrogen-bond acceptors (Lipinski definition) is 12. The molecular weight excluding hydrogens is 858 g/mol. The minimum atomic E-state index is -3.38. The van der Waals surface area contributed by atoms with Crippen molar-refractivity contribution in [2.75, 3.05) is 19.5 Å². The van der Waals surface area contributed by atoms with Crippen molar-refractivity contribution in [2.24, 2.45) is 11.8 Å². The highest BCUT2D eigenvalue weighted by molar-refractivity contribution is 8.01. The van der Waals surface area contributed by atoms with Crippen LogP contribution >= 0.6 is 30.0 Å². The van der Waals surface area contributed by atoms with E-state index in [9.17, 15) is 9.59 Å². The van der Waals surface area contributed by atoms with E-state index >= 15 is 9.59 Å². The lowest BCUT2D eigenvalue weighted by molar-refractivity contribution is -0.165. The van der Waals surface area contributed by atoms with Gasteiger partial charge in [-0.05, 0) is 58.7 Å². The van der Waals surface area contributed by atoms with E-state index in [0.29, 0.717) is 15.7 Å². The van der Waals surface area contributed by atoms with E-state index in [1.165, 1.54) is 34.9 Å². The number of aromatic nitrogens is 2. The number of amides is 1. The zero-order valence-corrected chi connectivity index (χ0v) is 39.9. The molecule has 0 spiro atoms. The number of carbonyl (C=O) groups excluding carboxylic acids is 4. The zero-order chi connectivity index (χ0) is 44.7. The second kappa shape index (κ2) is 20.1. The molecule has 1 amide bonds. The molecule has 6 rings (SSSR count). The molecule has 0 aliphatic carbocycles. The standard InChI is InChI=1S/C47H54N3O8PS2Si/c1-32(58-62(7,8)47(3,4)5)41-42(39(29-56-33(2)51)40(52)30-60-46-49-48-31-61-46)50(43(41)53)44(45(54)57-28-34-24-26-35(55-6)27-25-34)59(36-18-12-9-13-19-36,37-20-14-10-15-21-37)38-22-16-11-17-23-38/h9-27,31-32,39,41-42H,28-30H2,1-8H3/t32-,39-,41-,42-/m1/s1. The van der Waals surface area contributed by atoms with E-state index in [4.69, 9.17) is 18.6 Å². The number of esters is 2. The Balaban J connectivity index is 1.66. The SMILES string of the molecule is COc1ccc(COC(=O)C(N2C(=O)[C@H]([C@@H](C)O[Si](C)(C)C(C)(C)C)[C@H]2[C@H](COC(C)=O)C(=O)CSc2nncs2)=P(c2ccccc2)(c2ccccc2)c2ccccc2)cc1. The number of rotatable bonds is 18. The number of β-lactam (4-membered cyclic amide) rings is 1. The van der Waals surface area contributed by atoms with Gasteiger partial charge >= 0.3 is 11.9 Å². The van der Waals surface area contributed by atoms with Crippen molar-refractivity contribution in [3.8, 4) is 5.75 Å². The Morgan fingerprint density at radius 3 is 1.87 bits per heavy atom. The first-order valence-electron chi connectivity index (χ1n) is 20.4. The van der Waals surface area contributed by atoms with Crippen molar-refractivity contribution in [3.63, 3.8) is 0 Å². The van der Waals surface area contributed by atoms with Gasteiger partial charge in [-0.1, -0.05) is 147 Å². The molecule has 11 nitrogen and oxygen atoms in total. The Hall–Kier alpha value is -4.85. The summed E-state index contributed by atoms with van der Waals surface area (Å²) in [6.45, 7) is 9.93. The quantitative estimate of drug-likeness (QED) is 0.0285. The van der Waals surface area contributed by atoms with E-state index in [2.05, 4.69) is 44.1 Å². The van der Waals surface area contributed by atoms with Crippen LogP contribution in [0, 0.1) is 11.8 Å². The van der Waals surface area contributed by atoms with E-state index in [-0.39, 0.29) is 41.1 Å². The van der Waals surface area contributed by atoms with Gasteiger partial charge in [0.05, 0.1) is 36.8 Å². The number of methoxy groups -OCH3 is 1. The van der Waals surface area contributed by atoms with Crippen LogP contribution in [0.4, 0.5) is 0 Å². The van der Waals surface area contributed by atoms with Gasteiger partial charge in [-0.2, -0.15) is 0 Å². The van der Waals surface area contributed by atoms with E-state index in [0.717, 1.165) is 15.9 Å². The number of ketones is 1. The van der Waals surface area contributed by atoms with Gasteiger partial charge in [0.2, 0.25) is 5.91 Å². The summed E-state index contributed by atoms with van der Waals surface area (Å²) >= 11 is 2.52. The molecule has 2 heterocycles. The molecule has 0 unspecified atom stereocenters. The number of carbonyl (C=O) groups is 4. The predicted octanol–water partition coefficient (Wildman–Crippen LogP) is 7.49. The number of nitrogens with zero attached hydrogens (tertiary/aromatic N) is 3. The van der Waals surface area contributed by atoms with E-state index in [1.807, 2.05) is 110 Å². The van der Waals surface area contributed by atoms with Gasteiger partial charge < -0.3 is 23.5 Å². The fraction of sp³-hybridized carbons (Fsp3) is 0.340. The van der Waals surface area contributed by atoms with Gasteiger partial charge in [0.1, 0.15) is 29.9 Å². The summed E-state index contributed by atoms with van der Waals surface area (Å²) in [6.07, 6.45) is -0.678. The monoisotopic (exact) mass is 911 g/mol. The molecule has 5 aromatic rings. The third-order valence-corrected chi connectivity index (χ3v) is 22.3. The number of ether oxygens (including phenoxy) is 3. The van der Waals surface area contributed by atoms with Gasteiger partial charge in [0, 0.05) is 13.8 Å². The third-order valence-electron chi connectivity index (χ3n) is 11.6. The smallest absolute Gasteiger partial charge is 0.356 e. The van der Waals surface area contributed by atoms with Crippen LogP contribution in [0.1, 0.15) is 40.2 Å². The fourth-order valence-corrected chi connectivity index (χ4v) is 14.8. The molecule has 0 N–H and O–H groups in total. The predicted molar refractivity (Wildman–Crippen MR) is 251 cm³/mol. The minimum absolute atomic E-state index is 0.0442. The number of thioether (sulfide) groups is 1. The lowest BCUT2D eigenvalue weighted by atomic mass is 9.74. The molecule has 0 radical (unpaired) electrons. The summed E-state index contributed by atoms with van der Waals surface area (Å²) in [5.74, 6) is -3.33. The van der Waals surface area contributed by atoms with Crippen LogP contribution in [-0.2, 0) is 39.7 Å². The van der Waals surface area contributed by atoms with Crippen molar-refractivity contribution in [1.29, 1.82) is 0 Å². The van der Waals surface area contributed by atoms with Gasteiger partial charge in [-0.3, -0.25) is 14.4 Å². The number of likely N-dealkylation sites (tertiary alicyclic amines) is 1. The Bertz CT molecular complexity index is 2280. The lowest BCUT2D eigenvalue weighted by Gasteiger charge is -2.54. The maximum absolute atomic E-state index is 15.6. The van der Waals surface area contributed by atoms with Crippen molar-refractivity contribution < 1.29 is 37.8 Å². The van der Waals surface area contributed by atoms with Gasteiger partial charge in [-0.25, -0.2) is 4.79 Å². The molecule has 1 fully saturated rings. The molecule has 326 valence electrons. The maximum Gasteiger partial charge on any atom is 0.356 e. The molecule has 1 saturated heterocycles. The molecule has 1 aliphatic rings. The highest BCUT2D eigenvalue weighted by Gasteiger charge is 2.60. The molecule has 4 aromatic carbocycles. The molecule has 0 saturated carbocycles. The Morgan fingerprint density at radius 2 is 1.40 bits per heavy atom. The molecule has 1 aromatic heterocycles. The normalized spacial score (nSPS) is 16.5. The average molecular weight is 912 g/mol. The van der Waals surface area contributed by atoms with Crippen LogP contribution in [0.3, 0.4) is 0 Å². The van der Waals surface area contributed by atoms with E-state index < -0.39 is 51.1 Å². The fourth-order valence-electron chi connectivity index (χ4n) is 7.56. The van der Waals surface area contributed by atoms with Crippen LogP contribution in [-0.4, -0.2) is 84.1 Å². The van der Waals surface area contributed by atoms with E-state index in [1.54, 1.807) is 24.8 Å². The third kappa shape index (κ3) is 10.0. The number of hydrogen-bond donors (Lipinski definition) is 0. The summed E-state index contributed by atoms with van der Waals surface area (Å²) in [7, 11) is -0.924. The van der Waals surface area contributed by atoms with Crippen molar-refractivity contribution in [1.82, 2.24) is 15.1 Å². The molecule has 62 heavy (non-hydrogen) atoms. The first-order chi connectivity index (χ1) is 29.6. The summed E-state index contributed by atoms with van der Waals surface area (Å²) < 4.78 is 25.0. The van der Waals surface area contributed by atoms with Crippen molar-refractivity contribution in [2.45, 2.75) is 75.8 Å². The van der Waals surface area contributed by atoms with Crippen molar-refractivity contribution >= 4 is 83.3 Å². The lowest BCUT2D eigenvalue weighted by Crippen LogP contribution is -2.72. The van der Waals surface area contributed by atoms with Crippen LogP contribution < -0.4 is 20.7 Å². The van der Waals surface area contributed by atoms with Gasteiger partial charge in [0.15, 0.2) is 18.4 Å². The summed E-state index contributed by atoms with van der Waals surface area (Å²) in [6, 6.07) is 35.3. The average Bonchev–Trinajstić information content (AvgIpc) is 3.79. The number of benzene rings is 4. The first kappa shape index (κ1) is 46.6. The topological polar surface area (TPSA) is 134 Å². The summed E-state index contributed by atoms with van der Waals surface area (Å²) in [4.78, 5) is 60.1. The van der Waals surface area contributed by atoms with Gasteiger partial charge in [0.25, 0.3) is 0 Å². The van der Waals surface area contributed by atoms with Crippen LogP contribution in [0.5, 0.6) is 5.75 Å². The summed E-state index contributed by atoms with van der Waals surface area (Å²) in [5, 5.41) is 10.2. The molecule has 4 atom stereocenters. The highest BCUT2D eigenvalue weighted by atomic mass is 32.2. The molecular formula is C47H54N3O8PS2Si. The maximum atomic E-state index is 15.6. The van der Waals surface area contributed by atoms with Crippen molar-refractivity contribution in [3.05, 3.63) is 126 Å². The first-order valence-corrected chi connectivity index (χ1v) is 27.0. The second-order valence-electron chi connectivity index (χ2n) is 16.6. The van der Waals surface area contributed by atoms with Gasteiger partial charge in [-0.15, -0.1) is 10.2 Å². The van der Waals surface area contributed by atoms with Crippen LogP contribution in [0.25, 0.3) is 0 Å². The largest absolute Gasteiger partial charge is 0.497 e. The molecule has 0 bridgehead atoms.